The highest BCUT2D eigenvalue weighted by Gasteiger charge is 2.23. The van der Waals surface area contributed by atoms with Gasteiger partial charge in [0, 0.05) is 28.7 Å². The molecule has 0 atom stereocenters. The van der Waals surface area contributed by atoms with Gasteiger partial charge < -0.3 is 10.6 Å². The summed E-state index contributed by atoms with van der Waals surface area (Å²) in [7, 11) is 0. The molecule has 1 rings (SSSR count). The molecule has 0 unspecified atom stereocenters. The number of benzene rings is 1. The van der Waals surface area contributed by atoms with Gasteiger partial charge in [-0.05, 0) is 37.1 Å². The minimum atomic E-state index is -0.117. The molecule has 1 aromatic rings. The first-order valence-electron chi connectivity index (χ1n) is 6.24. The number of nitrogens with two attached hydrogens (primary N) is 1. The van der Waals surface area contributed by atoms with E-state index in [0.717, 1.165) is 0 Å². The Kier molecular flexibility index (Phi) is 5.65. The number of amides is 1. The second-order valence-electron chi connectivity index (χ2n) is 5.35. The number of hydrogen-bond donors (Lipinski definition) is 1. The molecule has 0 spiro atoms. The van der Waals surface area contributed by atoms with Crippen molar-refractivity contribution in [1.29, 1.82) is 0 Å². The van der Waals surface area contributed by atoms with Crippen LogP contribution in [0.1, 0.15) is 31.1 Å². The lowest BCUT2D eigenvalue weighted by molar-refractivity contribution is 0.0701. The Hall–Kier alpha value is -0.770. The Labute approximate surface area is 124 Å². The third kappa shape index (κ3) is 4.68. The van der Waals surface area contributed by atoms with Crippen LogP contribution in [0.15, 0.2) is 18.2 Å². The average molecular weight is 303 g/mol. The summed E-state index contributed by atoms with van der Waals surface area (Å²) in [6, 6.07) is 4.88. The molecule has 2 N–H and O–H groups in total. The topological polar surface area (TPSA) is 46.3 Å². The second-order valence-corrected chi connectivity index (χ2v) is 6.22. The number of nitrogens with zero attached hydrogens (tertiary/aromatic N) is 1. The first kappa shape index (κ1) is 16.3. The van der Waals surface area contributed by atoms with E-state index in [0.29, 0.717) is 35.2 Å². The summed E-state index contributed by atoms with van der Waals surface area (Å²) in [6.07, 6.45) is 0. The van der Waals surface area contributed by atoms with Gasteiger partial charge in [0.05, 0.1) is 0 Å². The zero-order valence-corrected chi connectivity index (χ0v) is 13.1. The Morgan fingerprint density at radius 3 is 2.21 bits per heavy atom. The molecule has 19 heavy (non-hydrogen) atoms. The van der Waals surface area contributed by atoms with Crippen LogP contribution in [0.5, 0.6) is 0 Å². The standard InChI is InChI=1S/C14H20Cl2N2O/c1-4-18(9-14(2,3)8-17)13(19)10-5-11(15)7-12(16)6-10/h5-7H,4,8-9,17H2,1-3H3. The van der Waals surface area contributed by atoms with Gasteiger partial charge in [0.25, 0.3) is 5.91 Å². The van der Waals surface area contributed by atoms with Crippen LogP contribution in [0, 0.1) is 5.41 Å². The molecular formula is C14H20Cl2N2O. The fourth-order valence-electron chi connectivity index (χ4n) is 1.77. The first-order valence-corrected chi connectivity index (χ1v) is 7.00. The number of hydrogen-bond acceptors (Lipinski definition) is 2. The van der Waals surface area contributed by atoms with E-state index < -0.39 is 0 Å². The third-order valence-corrected chi connectivity index (χ3v) is 3.39. The van der Waals surface area contributed by atoms with Crippen molar-refractivity contribution in [3.63, 3.8) is 0 Å². The maximum atomic E-state index is 12.4. The molecule has 0 saturated heterocycles. The van der Waals surface area contributed by atoms with E-state index in [1.807, 2.05) is 20.8 Å². The fourth-order valence-corrected chi connectivity index (χ4v) is 2.29. The number of carbonyl (C=O) groups excluding carboxylic acids is 1. The predicted octanol–water partition coefficient (Wildman–Crippen LogP) is 3.44. The fraction of sp³-hybridized carbons (Fsp3) is 0.500. The van der Waals surface area contributed by atoms with Crippen molar-refractivity contribution < 1.29 is 4.79 Å². The van der Waals surface area contributed by atoms with Crippen LogP contribution >= 0.6 is 23.2 Å². The molecule has 0 bridgehead atoms. The van der Waals surface area contributed by atoms with Gasteiger partial charge in [0.1, 0.15) is 0 Å². The molecule has 1 aromatic carbocycles. The third-order valence-electron chi connectivity index (χ3n) is 2.95. The highest BCUT2D eigenvalue weighted by Crippen LogP contribution is 2.22. The Morgan fingerprint density at radius 1 is 1.26 bits per heavy atom. The zero-order valence-electron chi connectivity index (χ0n) is 11.5. The van der Waals surface area contributed by atoms with Gasteiger partial charge in [0.15, 0.2) is 0 Å². The van der Waals surface area contributed by atoms with E-state index >= 15 is 0 Å². The van der Waals surface area contributed by atoms with Gasteiger partial charge in [-0.3, -0.25) is 4.79 Å². The van der Waals surface area contributed by atoms with Gasteiger partial charge >= 0.3 is 0 Å². The van der Waals surface area contributed by atoms with Crippen molar-refractivity contribution in [2.24, 2.45) is 11.1 Å². The Balaban J connectivity index is 2.95. The van der Waals surface area contributed by atoms with Crippen molar-refractivity contribution in [2.75, 3.05) is 19.6 Å². The molecular weight excluding hydrogens is 283 g/mol. The molecule has 0 aliphatic carbocycles. The lowest BCUT2D eigenvalue weighted by atomic mass is 9.93. The van der Waals surface area contributed by atoms with Gasteiger partial charge in [0.2, 0.25) is 0 Å². The molecule has 0 aliphatic heterocycles. The molecule has 0 fully saturated rings. The molecule has 1 amide bonds. The van der Waals surface area contributed by atoms with E-state index in [9.17, 15) is 4.79 Å². The second kappa shape index (κ2) is 6.60. The summed E-state index contributed by atoms with van der Waals surface area (Å²) in [5.74, 6) is -0.0755. The summed E-state index contributed by atoms with van der Waals surface area (Å²) in [5, 5.41) is 0.926. The van der Waals surface area contributed by atoms with Gasteiger partial charge in [-0.25, -0.2) is 0 Å². The van der Waals surface area contributed by atoms with Gasteiger partial charge in [-0.1, -0.05) is 37.0 Å². The molecule has 0 radical (unpaired) electrons. The largest absolute Gasteiger partial charge is 0.338 e. The van der Waals surface area contributed by atoms with E-state index in [4.69, 9.17) is 28.9 Å². The number of halogens is 2. The van der Waals surface area contributed by atoms with Crippen LogP contribution in [-0.2, 0) is 0 Å². The summed E-state index contributed by atoms with van der Waals surface area (Å²) in [4.78, 5) is 14.2. The van der Waals surface area contributed by atoms with E-state index in [1.165, 1.54) is 0 Å². The van der Waals surface area contributed by atoms with E-state index in [2.05, 4.69) is 0 Å². The first-order chi connectivity index (χ1) is 8.79. The highest BCUT2D eigenvalue weighted by molar-refractivity contribution is 6.35. The maximum absolute atomic E-state index is 12.4. The smallest absolute Gasteiger partial charge is 0.253 e. The van der Waals surface area contributed by atoms with Crippen LogP contribution < -0.4 is 5.73 Å². The Morgan fingerprint density at radius 2 is 1.79 bits per heavy atom. The van der Waals surface area contributed by atoms with Crippen molar-refractivity contribution in [2.45, 2.75) is 20.8 Å². The van der Waals surface area contributed by atoms with Crippen molar-refractivity contribution in [1.82, 2.24) is 4.90 Å². The van der Waals surface area contributed by atoms with E-state index in [1.54, 1.807) is 23.1 Å². The molecule has 0 aliphatic rings. The monoisotopic (exact) mass is 302 g/mol. The highest BCUT2D eigenvalue weighted by atomic mass is 35.5. The number of carbonyl (C=O) groups is 1. The van der Waals surface area contributed by atoms with Crippen molar-refractivity contribution in [3.05, 3.63) is 33.8 Å². The predicted molar refractivity (Wildman–Crippen MR) is 80.9 cm³/mol. The van der Waals surface area contributed by atoms with Crippen molar-refractivity contribution >= 4 is 29.1 Å². The van der Waals surface area contributed by atoms with E-state index in [-0.39, 0.29) is 11.3 Å². The van der Waals surface area contributed by atoms with Crippen LogP contribution in [0.2, 0.25) is 10.0 Å². The zero-order chi connectivity index (χ0) is 14.6. The summed E-state index contributed by atoms with van der Waals surface area (Å²) in [6.45, 7) is 7.75. The van der Waals surface area contributed by atoms with Crippen LogP contribution in [0.3, 0.4) is 0 Å². The van der Waals surface area contributed by atoms with Gasteiger partial charge in [-0.2, -0.15) is 0 Å². The van der Waals surface area contributed by atoms with Gasteiger partial charge in [-0.15, -0.1) is 0 Å². The normalized spacial score (nSPS) is 11.5. The summed E-state index contributed by atoms with van der Waals surface area (Å²) < 4.78 is 0. The lowest BCUT2D eigenvalue weighted by Gasteiger charge is -2.31. The minimum Gasteiger partial charge on any atom is -0.338 e. The lowest BCUT2D eigenvalue weighted by Crippen LogP contribution is -2.42. The SMILES string of the molecule is CCN(CC(C)(C)CN)C(=O)c1cc(Cl)cc(Cl)c1. The molecule has 5 heteroatoms. The average Bonchev–Trinajstić information content (AvgIpc) is 2.34. The molecule has 0 saturated carbocycles. The van der Waals surface area contributed by atoms with Crippen LogP contribution in [0.4, 0.5) is 0 Å². The molecule has 0 heterocycles. The summed E-state index contributed by atoms with van der Waals surface area (Å²) in [5.41, 5.74) is 6.11. The summed E-state index contributed by atoms with van der Waals surface area (Å²) >= 11 is 11.9. The molecule has 3 nitrogen and oxygen atoms in total. The van der Waals surface area contributed by atoms with Crippen molar-refractivity contribution in [3.8, 4) is 0 Å². The Bertz CT molecular complexity index is 441. The maximum Gasteiger partial charge on any atom is 0.253 e. The van der Waals surface area contributed by atoms with Crippen LogP contribution in [-0.4, -0.2) is 30.4 Å². The molecule has 0 aromatic heterocycles. The van der Waals surface area contributed by atoms with Crippen LogP contribution in [0.25, 0.3) is 0 Å². The number of rotatable bonds is 5. The quantitative estimate of drug-likeness (QED) is 0.905. The molecule has 106 valence electrons. The minimum absolute atomic E-state index is 0.0755.